The molecule has 0 atom stereocenters. The molecule has 0 aromatic carbocycles. The largest absolute Gasteiger partial charge is 0.366 e. The van der Waals surface area contributed by atoms with Gasteiger partial charge in [-0.15, -0.1) is 0 Å². The Kier molecular flexibility index (Phi) is 12.1. The maximum atomic E-state index is 10.8. The molecule has 0 saturated carbocycles. The molecule has 0 radical (unpaired) electrons. The zero-order chi connectivity index (χ0) is 13.6. The lowest BCUT2D eigenvalue weighted by Crippen LogP contribution is -2.11. The van der Waals surface area contributed by atoms with Crippen molar-refractivity contribution in [3.8, 4) is 0 Å². The van der Waals surface area contributed by atoms with E-state index >= 15 is 0 Å². The summed E-state index contributed by atoms with van der Waals surface area (Å²) in [6, 6.07) is 0. The molecule has 0 spiro atoms. The van der Waals surface area contributed by atoms with E-state index in [1.165, 1.54) is 64.2 Å². The molecule has 2 N–H and O–H groups in total. The molecule has 0 aliphatic rings. The average molecular weight is 253 g/mol. The number of primary amides is 1. The Morgan fingerprint density at radius 2 is 1.33 bits per heavy atom. The van der Waals surface area contributed by atoms with Gasteiger partial charge in [0, 0.05) is 5.57 Å². The van der Waals surface area contributed by atoms with Gasteiger partial charge in [0.05, 0.1) is 0 Å². The summed E-state index contributed by atoms with van der Waals surface area (Å²) in [7, 11) is 0. The van der Waals surface area contributed by atoms with Crippen LogP contribution in [0.3, 0.4) is 0 Å². The Labute approximate surface area is 113 Å². The molecule has 0 rings (SSSR count). The first-order chi connectivity index (χ1) is 8.68. The predicted octanol–water partition coefficient (Wildman–Crippen LogP) is 4.73. The highest BCUT2D eigenvalue weighted by Crippen LogP contribution is 2.11. The Hall–Kier alpha value is -0.790. The lowest BCUT2D eigenvalue weighted by atomic mass is 10.1. The van der Waals surface area contributed by atoms with Crippen LogP contribution in [0.4, 0.5) is 0 Å². The molecule has 0 aliphatic carbocycles. The SMILES string of the molecule is CCCCCCCCCCCCC=C(C)C(N)=O. The van der Waals surface area contributed by atoms with E-state index in [-0.39, 0.29) is 5.91 Å². The summed E-state index contributed by atoms with van der Waals surface area (Å²) in [6.07, 6.45) is 16.4. The molecule has 106 valence electrons. The molecule has 0 heterocycles. The topological polar surface area (TPSA) is 43.1 Å². The zero-order valence-corrected chi connectivity index (χ0v) is 12.3. The second kappa shape index (κ2) is 12.7. The molecule has 2 nitrogen and oxygen atoms in total. The normalized spacial score (nSPS) is 11.8. The van der Waals surface area contributed by atoms with Gasteiger partial charge in [-0.25, -0.2) is 0 Å². The van der Waals surface area contributed by atoms with Gasteiger partial charge in [0.15, 0.2) is 0 Å². The van der Waals surface area contributed by atoms with Gasteiger partial charge in [0.2, 0.25) is 5.91 Å². The summed E-state index contributed by atoms with van der Waals surface area (Å²) in [5.74, 6) is -0.290. The molecule has 0 bridgehead atoms. The van der Waals surface area contributed by atoms with Gasteiger partial charge in [0.1, 0.15) is 0 Å². The van der Waals surface area contributed by atoms with Crippen molar-refractivity contribution < 1.29 is 4.79 Å². The third kappa shape index (κ3) is 11.7. The van der Waals surface area contributed by atoms with Crippen molar-refractivity contribution in [1.29, 1.82) is 0 Å². The van der Waals surface area contributed by atoms with Crippen LogP contribution in [0.1, 0.15) is 84.5 Å². The fourth-order valence-corrected chi connectivity index (χ4v) is 2.05. The minimum absolute atomic E-state index is 0.290. The van der Waals surface area contributed by atoms with E-state index < -0.39 is 0 Å². The first-order valence-corrected chi connectivity index (χ1v) is 7.65. The quantitative estimate of drug-likeness (QED) is 0.396. The maximum absolute atomic E-state index is 10.8. The Bertz CT molecular complexity index is 233. The van der Waals surface area contributed by atoms with Gasteiger partial charge < -0.3 is 5.73 Å². The van der Waals surface area contributed by atoms with Crippen LogP contribution in [-0.4, -0.2) is 5.91 Å². The van der Waals surface area contributed by atoms with Crippen LogP contribution in [-0.2, 0) is 4.79 Å². The minimum Gasteiger partial charge on any atom is -0.366 e. The molecular formula is C16H31NO. The molecular weight excluding hydrogens is 222 g/mol. The van der Waals surface area contributed by atoms with Crippen LogP contribution in [0.15, 0.2) is 11.6 Å². The van der Waals surface area contributed by atoms with Crippen molar-refractivity contribution in [2.45, 2.75) is 84.5 Å². The molecule has 0 fully saturated rings. The van der Waals surface area contributed by atoms with Gasteiger partial charge in [-0.2, -0.15) is 0 Å². The standard InChI is InChI=1S/C16H31NO/c1-3-4-5-6-7-8-9-10-11-12-13-14-15(2)16(17)18/h14H,3-13H2,1-2H3,(H2,17,18). The number of hydrogen-bond donors (Lipinski definition) is 1. The van der Waals surface area contributed by atoms with Gasteiger partial charge in [0.25, 0.3) is 0 Å². The molecule has 0 aromatic rings. The molecule has 0 aliphatic heterocycles. The number of carbonyl (C=O) groups is 1. The van der Waals surface area contributed by atoms with Crippen molar-refractivity contribution in [3.63, 3.8) is 0 Å². The van der Waals surface area contributed by atoms with Crippen molar-refractivity contribution >= 4 is 5.91 Å². The average Bonchev–Trinajstić information content (AvgIpc) is 2.35. The number of amides is 1. The highest BCUT2D eigenvalue weighted by atomic mass is 16.1. The van der Waals surface area contributed by atoms with Crippen molar-refractivity contribution in [2.75, 3.05) is 0 Å². The smallest absolute Gasteiger partial charge is 0.244 e. The number of allylic oxidation sites excluding steroid dienone is 1. The van der Waals surface area contributed by atoms with Crippen LogP contribution < -0.4 is 5.73 Å². The third-order valence-electron chi connectivity index (χ3n) is 3.40. The van der Waals surface area contributed by atoms with Crippen molar-refractivity contribution in [3.05, 3.63) is 11.6 Å². The monoisotopic (exact) mass is 253 g/mol. The minimum atomic E-state index is -0.290. The van der Waals surface area contributed by atoms with Gasteiger partial charge in [-0.3, -0.25) is 4.79 Å². The molecule has 2 heteroatoms. The Morgan fingerprint density at radius 1 is 0.889 bits per heavy atom. The summed E-state index contributed by atoms with van der Waals surface area (Å²) < 4.78 is 0. The fraction of sp³-hybridized carbons (Fsp3) is 0.812. The maximum Gasteiger partial charge on any atom is 0.244 e. The fourth-order valence-electron chi connectivity index (χ4n) is 2.05. The molecule has 0 unspecified atom stereocenters. The van der Waals surface area contributed by atoms with Gasteiger partial charge in [-0.1, -0.05) is 70.8 Å². The lowest BCUT2D eigenvalue weighted by molar-refractivity contribution is -0.114. The molecule has 0 saturated heterocycles. The van der Waals surface area contributed by atoms with E-state index in [0.29, 0.717) is 5.57 Å². The van der Waals surface area contributed by atoms with E-state index in [0.717, 1.165) is 6.42 Å². The highest BCUT2D eigenvalue weighted by molar-refractivity contribution is 5.91. The lowest BCUT2D eigenvalue weighted by Gasteiger charge is -2.01. The van der Waals surface area contributed by atoms with E-state index in [1.807, 2.05) is 6.08 Å². The summed E-state index contributed by atoms with van der Waals surface area (Å²) >= 11 is 0. The van der Waals surface area contributed by atoms with Gasteiger partial charge in [-0.05, 0) is 19.8 Å². The number of carbonyl (C=O) groups excluding carboxylic acids is 1. The summed E-state index contributed by atoms with van der Waals surface area (Å²) in [5, 5.41) is 0. The third-order valence-corrected chi connectivity index (χ3v) is 3.40. The number of rotatable bonds is 12. The van der Waals surface area contributed by atoms with Crippen LogP contribution in [0.25, 0.3) is 0 Å². The Balaban J connectivity index is 3.17. The van der Waals surface area contributed by atoms with Crippen LogP contribution >= 0.6 is 0 Å². The van der Waals surface area contributed by atoms with Gasteiger partial charge >= 0.3 is 0 Å². The first kappa shape index (κ1) is 17.2. The highest BCUT2D eigenvalue weighted by Gasteiger charge is 1.96. The van der Waals surface area contributed by atoms with E-state index in [9.17, 15) is 4.79 Å². The van der Waals surface area contributed by atoms with Crippen LogP contribution in [0.2, 0.25) is 0 Å². The first-order valence-electron chi connectivity index (χ1n) is 7.65. The molecule has 1 amide bonds. The van der Waals surface area contributed by atoms with E-state index in [4.69, 9.17) is 5.73 Å². The number of nitrogens with two attached hydrogens (primary N) is 1. The molecule has 0 aromatic heterocycles. The second-order valence-corrected chi connectivity index (χ2v) is 5.22. The zero-order valence-electron chi connectivity index (χ0n) is 12.3. The Morgan fingerprint density at radius 3 is 1.78 bits per heavy atom. The summed E-state index contributed by atoms with van der Waals surface area (Å²) in [6.45, 7) is 4.05. The van der Waals surface area contributed by atoms with Crippen LogP contribution in [0, 0.1) is 0 Å². The van der Waals surface area contributed by atoms with E-state index in [2.05, 4.69) is 6.92 Å². The second-order valence-electron chi connectivity index (χ2n) is 5.22. The predicted molar refractivity (Wildman–Crippen MR) is 79.4 cm³/mol. The summed E-state index contributed by atoms with van der Waals surface area (Å²) in [5.41, 5.74) is 5.86. The van der Waals surface area contributed by atoms with E-state index in [1.54, 1.807) is 6.92 Å². The summed E-state index contributed by atoms with van der Waals surface area (Å²) in [4.78, 5) is 10.8. The van der Waals surface area contributed by atoms with Crippen LogP contribution in [0.5, 0.6) is 0 Å². The van der Waals surface area contributed by atoms with Crippen molar-refractivity contribution in [1.82, 2.24) is 0 Å². The van der Waals surface area contributed by atoms with Crippen molar-refractivity contribution in [2.24, 2.45) is 5.73 Å². The number of hydrogen-bond acceptors (Lipinski definition) is 1. The molecule has 18 heavy (non-hydrogen) atoms. The number of unbranched alkanes of at least 4 members (excludes halogenated alkanes) is 10.